The van der Waals surface area contributed by atoms with E-state index in [2.05, 4.69) is 44.5 Å². The fourth-order valence-corrected chi connectivity index (χ4v) is 3.75. The maximum absolute atomic E-state index is 5.91. The Morgan fingerprint density at radius 3 is 2.59 bits per heavy atom. The third kappa shape index (κ3) is 5.10. The molecule has 1 aromatic carbocycles. The molecule has 0 atom stereocenters. The van der Waals surface area contributed by atoms with E-state index in [1.165, 1.54) is 37.8 Å². The van der Waals surface area contributed by atoms with Crippen molar-refractivity contribution in [3.63, 3.8) is 0 Å². The van der Waals surface area contributed by atoms with E-state index < -0.39 is 0 Å². The number of benzene rings is 1. The molecule has 2 heterocycles. The first-order chi connectivity index (χ1) is 13.4. The maximum atomic E-state index is 5.91. The second kappa shape index (κ2) is 9.04. The van der Waals surface area contributed by atoms with Crippen molar-refractivity contribution in [1.82, 2.24) is 9.97 Å². The van der Waals surface area contributed by atoms with Crippen LogP contribution in [0.15, 0.2) is 36.5 Å². The number of hydrogen-bond donors (Lipinski definition) is 1. The summed E-state index contributed by atoms with van der Waals surface area (Å²) in [5.41, 5.74) is 2.19. The highest BCUT2D eigenvalue weighted by Gasteiger charge is 2.14. The van der Waals surface area contributed by atoms with E-state index in [4.69, 9.17) is 9.47 Å². The highest BCUT2D eigenvalue weighted by molar-refractivity contribution is 5.59. The van der Waals surface area contributed by atoms with Crippen LogP contribution in [0.4, 0.5) is 17.3 Å². The van der Waals surface area contributed by atoms with Gasteiger partial charge in [-0.05, 0) is 43.0 Å². The van der Waals surface area contributed by atoms with Gasteiger partial charge in [-0.3, -0.25) is 0 Å². The maximum Gasteiger partial charge on any atom is 0.230 e. The third-order valence-electron chi connectivity index (χ3n) is 5.32. The van der Waals surface area contributed by atoms with Crippen LogP contribution in [0.25, 0.3) is 0 Å². The van der Waals surface area contributed by atoms with Crippen molar-refractivity contribution in [3.05, 3.63) is 36.5 Å². The van der Waals surface area contributed by atoms with E-state index in [9.17, 15) is 0 Å². The first-order valence-electron chi connectivity index (χ1n) is 10.0. The van der Waals surface area contributed by atoms with Crippen LogP contribution in [-0.2, 0) is 4.74 Å². The lowest BCUT2D eigenvalue weighted by molar-refractivity contribution is 0.122. The molecular weight excluding hydrogens is 340 g/mol. The Bertz CT molecular complexity index is 710. The largest absolute Gasteiger partial charge is 0.477 e. The van der Waals surface area contributed by atoms with Crippen molar-refractivity contribution < 1.29 is 9.47 Å². The van der Waals surface area contributed by atoms with E-state index in [0.29, 0.717) is 17.7 Å². The van der Waals surface area contributed by atoms with Gasteiger partial charge >= 0.3 is 0 Å². The van der Waals surface area contributed by atoms with Crippen molar-refractivity contribution in [2.24, 2.45) is 5.92 Å². The van der Waals surface area contributed by atoms with Gasteiger partial charge in [-0.15, -0.1) is 0 Å². The fourth-order valence-electron chi connectivity index (χ4n) is 3.75. The number of morpholine rings is 1. The summed E-state index contributed by atoms with van der Waals surface area (Å²) in [5.74, 6) is 1.87. The molecule has 0 amide bonds. The number of aromatic nitrogens is 2. The Balaban J connectivity index is 1.33. The Morgan fingerprint density at radius 2 is 1.81 bits per heavy atom. The smallest absolute Gasteiger partial charge is 0.230 e. The minimum Gasteiger partial charge on any atom is -0.477 e. The van der Waals surface area contributed by atoms with Crippen molar-refractivity contribution in [1.29, 1.82) is 0 Å². The van der Waals surface area contributed by atoms with Gasteiger partial charge in [0.25, 0.3) is 0 Å². The van der Waals surface area contributed by atoms with Gasteiger partial charge in [-0.1, -0.05) is 19.3 Å². The second-order valence-electron chi connectivity index (χ2n) is 7.30. The molecule has 1 N–H and O–H groups in total. The molecule has 1 aliphatic heterocycles. The lowest BCUT2D eigenvalue weighted by atomic mass is 9.90. The number of nitrogens with one attached hydrogen (secondary N) is 1. The van der Waals surface area contributed by atoms with Gasteiger partial charge in [0.15, 0.2) is 0 Å². The van der Waals surface area contributed by atoms with Gasteiger partial charge in [-0.2, -0.15) is 4.98 Å². The summed E-state index contributed by atoms with van der Waals surface area (Å²) in [7, 11) is 0. The second-order valence-corrected chi connectivity index (χ2v) is 7.30. The van der Waals surface area contributed by atoms with Crippen molar-refractivity contribution in [2.45, 2.75) is 32.1 Å². The van der Waals surface area contributed by atoms with Crippen molar-refractivity contribution in [2.75, 3.05) is 43.1 Å². The first-order valence-corrected chi connectivity index (χ1v) is 10.0. The normalized spacial score (nSPS) is 18.3. The molecule has 144 valence electrons. The molecule has 0 radical (unpaired) electrons. The van der Waals surface area contributed by atoms with Crippen LogP contribution < -0.4 is 15.0 Å². The summed E-state index contributed by atoms with van der Waals surface area (Å²) in [4.78, 5) is 11.1. The van der Waals surface area contributed by atoms with Gasteiger partial charge < -0.3 is 19.7 Å². The summed E-state index contributed by atoms with van der Waals surface area (Å²) in [6.45, 7) is 4.22. The van der Waals surface area contributed by atoms with E-state index in [-0.39, 0.29) is 0 Å². The topological polar surface area (TPSA) is 59.5 Å². The number of rotatable bonds is 6. The molecule has 2 aromatic rings. The standard InChI is InChI=1S/C21H28N4O2/c1-2-4-17(5-3-1)16-27-20-10-11-22-21(24-20)23-18-6-8-19(9-7-18)25-12-14-26-15-13-25/h6-11,17H,1-5,12-16H2,(H,22,23,24). The third-order valence-corrected chi connectivity index (χ3v) is 5.32. The Hall–Kier alpha value is -2.34. The van der Waals surface area contributed by atoms with Crippen LogP contribution in [0, 0.1) is 5.92 Å². The van der Waals surface area contributed by atoms with E-state index >= 15 is 0 Å². The van der Waals surface area contributed by atoms with Gasteiger partial charge in [0.05, 0.1) is 19.8 Å². The van der Waals surface area contributed by atoms with E-state index in [1.807, 2.05) is 6.07 Å². The zero-order valence-corrected chi connectivity index (χ0v) is 15.8. The number of anilines is 3. The Labute approximate surface area is 160 Å². The minimum atomic E-state index is 0.565. The predicted octanol–water partition coefficient (Wildman–Crippen LogP) is 4.02. The van der Waals surface area contributed by atoms with E-state index in [0.717, 1.165) is 38.6 Å². The monoisotopic (exact) mass is 368 g/mol. The Kier molecular flexibility index (Phi) is 6.04. The molecule has 2 aliphatic rings. The summed E-state index contributed by atoms with van der Waals surface area (Å²) >= 11 is 0. The van der Waals surface area contributed by atoms with Crippen LogP contribution in [0.2, 0.25) is 0 Å². The lowest BCUT2D eigenvalue weighted by Gasteiger charge is -2.28. The molecule has 1 saturated carbocycles. The highest BCUT2D eigenvalue weighted by Crippen LogP contribution is 2.25. The highest BCUT2D eigenvalue weighted by atomic mass is 16.5. The quantitative estimate of drug-likeness (QED) is 0.831. The molecular formula is C21H28N4O2. The molecule has 4 rings (SSSR count). The van der Waals surface area contributed by atoms with Gasteiger partial charge in [-0.25, -0.2) is 4.98 Å². The zero-order valence-electron chi connectivity index (χ0n) is 15.8. The Morgan fingerprint density at radius 1 is 1.04 bits per heavy atom. The van der Waals surface area contributed by atoms with Crippen LogP contribution in [-0.4, -0.2) is 42.9 Å². The molecule has 1 aliphatic carbocycles. The molecule has 6 nitrogen and oxygen atoms in total. The molecule has 2 fully saturated rings. The summed E-state index contributed by atoms with van der Waals surface area (Å²) in [5, 5.41) is 3.27. The van der Waals surface area contributed by atoms with Crippen LogP contribution in [0.3, 0.4) is 0 Å². The van der Waals surface area contributed by atoms with Gasteiger partial charge in [0, 0.05) is 36.7 Å². The zero-order chi connectivity index (χ0) is 18.3. The van der Waals surface area contributed by atoms with E-state index in [1.54, 1.807) is 6.20 Å². The molecule has 6 heteroatoms. The minimum absolute atomic E-state index is 0.565. The summed E-state index contributed by atoms with van der Waals surface area (Å²) in [6.07, 6.45) is 8.30. The van der Waals surface area contributed by atoms with Crippen LogP contribution in [0.5, 0.6) is 5.88 Å². The van der Waals surface area contributed by atoms with Crippen LogP contribution in [0.1, 0.15) is 32.1 Å². The average molecular weight is 368 g/mol. The molecule has 0 unspecified atom stereocenters. The fraction of sp³-hybridized carbons (Fsp3) is 0.524. The lowest BCUT2D eigenvalue weighted by Crippen LogP contribution is -2.36. The van der Waals surface area contributed by atoms with Crippen molar-refractivity contribution >= 4 is 17.3 Å². The SMILES string of the molecule is c1cc(OCC2CCCCC2)nc(Nc2ccc(N3CCOCC3)cc2)n1. The molecule has 27 heavy (non-hydrogen) atoms. The molecule has 1 saturated heterocycles. The van der Waals surface area contributed by atoms with Crippen LogP contribution >= 0.6 is 0 Å². The average Bonchev–Trinajstić information content (AvgIpc) is 2.75. The molecule has 1 aromatic heterocycles. The summed E-state index contributed by atoms with van der Waals surface area (Å²) in [6, 6.07) is 10.2. The van der Waals surface area contributed by atoms with Crippen molar-refractivity contribution in [3.8, 4) is 5.88 Å². The number of ether oxygens (including phenoxy) is 2. The molecule has 0 spiro atoms. The first kappa shape index (κ1) is 18.0. The van der Waals surface area contributed by atoms with Gasteiger partial charge in [0.1, 0.15) is 0 Å². The number of nitrogens with zero attached hydrogens (tertiary/aromatic N) is 3. The summed E-state index contributed by atoms with van der Waals surface area (Å²) < 4.78 is 11.3. The predicted molar refractivity (Wildman–Crippen MR) is 107 cm³/mol. The van der Waals surface area contributed by atoms with Gasteiger partial charge in [0.2, 0.25) is 11.8 Å². The number of hydrogen-bond acceptors (Lipinski definition) is 6. The molecule has 0 bridgehead atoms.